The monoisotopic (exact) mass is 398 g/mol. The van der Waals surface area contributed by atoms with Crippen LogP contribution in [0.3, 0.4) is 0 Å². The Balaban J connectivity index is 1.91. The highest BCUT2D eigenvalue weighted by atomic mass is 32.2. The molecule has 0 bridgehead atoms. The molecule has 0 aliphatic heterocycles. The van der Waals surface area contributed by atoms with Crippen LogP contribution < -0.4 is 5.32 Å². The molecule has 2 aromatic heterocycles. The Morgan fingerprint density at radius 2 is 1.86 bits per heavy atom. The summed E-state index contributed by atoms with van der Waals surface area (Å²) >= 11 is 0. The van der Waals surface area contributed by atoms with E-state index in [0.29, 0.717) is 5.69 Å². The van der Waals surface area contributed by atoms with Gasteiger partial charge in [-0.25, -0.2) is 13.1 Å². The van der Waals surface area contributed by atoms with Gasteiger partial charge < -0.3 is 5.32 Å². The van der Waals surface area contributed by atoms with E-state index in [0.717, 1.165) is 11.1 Å². The highest BCUT2D eigenvalue weighted by Crippen LogP contribution is 2.23. The van der Waals surface area contributed by atoms with Crippen LogP contribution >= 0.6 is 0 Å². The predicted octanol–water partition coefficient (Wildman–Crippen LogP) is 2.48. The molecule has 2 heterocycles. The van der Waals surface area contributed by atoms with Gasteiger partial charge in [-0.3, -0.25) is 9.78 Å². The molecule has 0 unspecified atom stereocenters. The normalized spacial score (nSPS) is 13.7. The minimum atomic E-state index is -3.38. The van der Waals surface area contributed by atoms with Crippen LogP contribution in [-0.2, 0) is 9.84 Å². The van der Waals surface area contributed by atoms with Gasteiger partial charge in [0.05, 0.1) is 17.0 Å². The maximum Gasteiger partial charge on any atom is 0.270 e. The van der Waals surface area contributed by atoms with E-state index in [9.17, 15) is 13.2 Å². The van der Waals surface area contributed by atoms with Gasteiger partial charge in [-0.2, -0.15) is 5.10 Å². The number of nitrogens with zero attached hydrogens (tertiary/aromatic N) is 3. The molecule has 0 fully saturated rings. The Bertz CT molecular complexity index is 1060. The Hall–Kier alpha value is -3.00. The van der Waals surface area contributed by atoms with E-state index >= 15 is 0 Å². The van der Waals surface area contributed by atoms with Gasteiger partial charge in [0.25, 0.3) is 5.91 Å². The third-order valence-corrected chi connectivity index (χ3v) is 6.24. The molecule has 28 heavy (non-hydrogen) atoms. The summed E-state index contributed by atoms with van der Waals surface area (Å²) in [5.41, 5.74) is 2.65. The Morgan fingerprint density at radius 1 is 1.14 bits per heavy atom. The number of rotatable bonds is 6. The highest BCUT2D eigenvalue weighted by molar-refractivity contribution is 7.91. The number of hydrogen-bond acceptors (Lipinski definition) is 5. The van der Waals surface area contributed by atoms with Gasteiger partial charge in [0.1, 0.15) is 5.69 Å². The highest BCUT2D eigenvalue weighted by Gasteiger charge is 2.29. The maximum absolute atomic E-state index is 12.9. The Kier molecular flexibility index (Phi) is 5.60. The zero-order valence-corrected chi connectivity index (χ0v) is 16.7. The van der Waals surface area contributed by atoms with Crippen LogP contribution in [0.15, 0.2) is 61.1 Å². The lowest BCUT2D eigenvalue weighted by molar-refractivity contribution is 0.0931. The van der Waals surface area contributed by atoms with Crippen LogP contribution in [0.2, 0.25) is 0 Å². The van der Waals surface area contributed by atoms with Crippen molar-refractivity contribution >= 4 is 15.7 Å². The summed E-state index contributed by atoms with van der Waals surface area (Å²) in [5.74, 6) is -0.449. The van der Waals surface area contributed by atoms with Crippen LogP contribution in [-0.4, -0.2) is 40.6 Å². The molecule has 0 aliphatic rings. The van der Waals surface area contributed by atoms with Crippen molar-refractivity contribution in [2.45, 2.75) is 25.1 Å². The van der Waals surface area contributed by atoms with E-state index in [2.05, 4.69) is 15.4 Å². The molecule has 8 heteroatoms. The lowest BCUT2D eigenvalue weighted by atomic mass is 10.0. The number of aromatic nitrogens is 3. The third-order valence-electron chi connectivity index (χ3n) is 4.61. The van der Waals surface area contributed by atoms with Crippen molar-refractivity contribution in [2.75, 3.05) is 6.26 Å². The zero-order valence-electron chi connectivity index (χ0n) is 15.9. The predicted molar refractivity (Wildman–Crippen MR) is 107 cm³/mol. The first-order chi connectivity index (χ1) is 13.3. The molecule has 0 aliphatic carbocycles. The number of sulfone groups is 1. The number of carbonyl (C=O) groups excluding carboxylic acids is 1. The second kappa shape index (κ2) is 7.93. The minimum Gasteiger partial charge on any atom is -0.343 e. The second-order valence-electron chi connectivity index (χ2n) is 6.75. The first kappa shape index (κ1) is 19.8. The van der Waals surface area contributed by atoms with Crippen LogP contribution in [0.5, 0.6) is 0 Å². The van der Waals surface area contributed by atoms with E-state index in [1.54, 1.807) is 42.2 Å². The lowest BCUT2D eigenvalue weighted by Crippen LogP contribution is -2.38. The smallest absolute Gasteiger partial charge is 0.270 e. The van der Waals surface area contributed by atoms with Crippen molar-refractivity contribution in [3.8, 4) is 5.69 Å². The van der Waals surface area contributed by atoms with Crippen LogP contribution in [0.4, 0.5) is 0 Å². The van der Waals surface area contributed by atoms with Crippen LogP contribution in [0.25, 0.3) is 5.69 Å². The summed E-state index contributed by atoms with van der Waals surface area (Å²) in [6.07, 6.45) is 6.09. The first-order valence-electron chi connectivity index (χ1n) is 8.78. The van der Waals surface area contributed by atoms with Gasteiger partial charge in [-0.05, 0) is 37.6 Å². The van der Waals surface area contributed by atoms with Crippen LogP contribution in [0, 0.1) is 6.92 Å². The van der Waals surface area contributed by atoms with Gasteiger partial charge in [0.15, 0.2) is 9.84 Å². The molecule has 1 N–H and O–H groups in total. The van der Waals surface area contributed by atoms with Crippen molar-refractivity contribution in [3.05, 3.63) is 77.9 Å². The molecule has 0 saturated carbocycles. The number of carbonyl (C=O) groups is 1. The second-order valence-corrected chi connectivity index (χ2v) is 9.15. The lowest BCUT2D eigenvalue weighted by Gasteiger charge is -2.24. The number of hydrogen-bond donors (Lipinski definition) is 1. The number of nitrogens with one attached hydrogen (secondary N) is 1. The van der Waals surface area contributed by atoms with Crippen molar-refractivity contribution in [1.29, 1.82) is 0 Å². The Labute approximate surface area is 164 Å². The summed E-state index contributed by atoms with van der Waals surface area (Å²) in [4.78, 5) is 17.0. The van der Waals surface area contributed by atoms with Crippen LogP contribution in [0.1, 0.15) is 34.6 Å². The average Bonchev–Trinajstić information content (AvgIpc) is 3.20. The zero-order chi connectivity index (χ0) is 20.3. The first-order valence-corrected chi connectivity index (χ1v) is 10.7. The van der Waals surface area contributed by atoms with Crippen molar-refractivity contribution in [1.82, 2.24) is 20.1 Å². The van der Waals surface area contributed by atoms with E-state index in [1.807, 2.05) is 31.2 Å². The number of benzene rings is 1. The summed E-state index contributed by atoms with van der Waals surface area (Å²) in [5, 5.41) is 6.18. The molecule has 7 nitrogen and oxygen atoms in total. The standard InChI is InChI=1S/C20H22N4O3S/c1-14-5-7-16(8-6-14)19(15(2)28(3,26)27)23-20(25)18-13-17(9-11-21-18)24-12-4-10-22-24/h4-13,15,19H,1-3H3,(H,23,25)/t15-,19-/m0/s1. The van der Waals surface area contributed by atoms with Crippen molar-refractivity contribution < 1.29 is 13.2 Å². The maximum atomic E-state index is 12.9. The fourth-order valence-electron chi connectivity index (χ4n) is 2.82. The average molecular weight is 398 g/mol. The van der Waals surface area contributed by atoms with E-state index in [-0.39, 0.29) is 5.69 Å². The number of pyridine rings is 1. The molecular weight excluding hydrogens is 376 g/mol. The molecule has 3 rings (SSSR count). The van der Waals surface area contributed by atoms with E-state index in [1.165, 1.54) is 12.5 Å². The molecule has 2 atom stereocenters. The molecule has 3 aromatic rings. The molecule has 0 radical (unpaired) electrons. The number of aryl methyl sites for hydroxylation is 1. The van der Waals surface area contributed by atoms with Gasteiger partial charge in [-0.1, -0.05) is 29.8 Å². The van der Waals surface area contributed by atoms with Gasteiger partial charge in [0, 0.05) is 24.8 Å². The summed E-state index contributed by atoms with van der Waals surface area (Å²) in [7, 11) is -3.38. The number of amides is 1. The van der Waals surface area contributed by atoms with Gasteiger partial charge in [-0.15, -0.1) is 0 Å². The van der Waals surface area contributed by atoms with Crippen molar-refractivity contribution in [3.63, 3.8) is 0 Å². The summed E-state index contributed by atoms with van der Waals surface area (Å²) < 4.78 is 25.9. The summed E-state index contributed by atoms with van der Waals surface area (Å²) in [6.45, 7) is 3.54. The SMILES string of the molecule is Cc1ccc([C@@H](NC(=O)c2cc(-n3cccn3)ccn2)[C@H](C)S(C)(=O)=O)cc1. The van der Waals surface area contributed by atoms with Crippen molar-refractivity contribution in [2.24, 2.45) is 0 Å². The fourth-order valence-corrected chi connectivity index (χ4v) is 3.54. The molecule has 1 aromatic carbocycles. The molecule has 1 amide bonds. The van der Waals surface area contributed by atoms with E-state index in [4.69, 9.17) is 0 Å². The van der Waals surface area contributed by atoms with Gasteiger partial charge >= 0.3 is 0 Å². The minimum absolute atomic E-state index is 0.186. The Morgan fingerprint density at radius 3 is 2.46 bits per heavy atom. The molecule has 0 spiro atoms. The molecular formula is C20H22N4O3S. The summed E-state index contributed by atoms with van der Waals surface area (Å²) in [6, 6.07) is 11.9. The van der Waals surface area contributed by atoms with E-state index < -0.39 is 27.0 Å². The fraction of sp³-hybridized carbons (Fsp3) is 0.250. The quantitative estimate of drug-likeness (QED) is 0.688. The largest absolute Gasteiger partial charge is 0.343 e. The molecule has 146 valence electrons. The third kappa shape index (κ3) is 4.45. The van der Waals surface area contributed by atoms with Gasteiger partial charge in [0.2, 0.25) is 0 Å². The topological polar surface area (TPSA) is 93.9 Å². The molecule has 0 saturated heterocycles.